The van der Waals surface area contributed by atoms with Crippen LogP contribution in [0.2, 0.25) is 0 Å². The van der Waals surface area contributed by atoms with Crippen molar-refractivity contribution in [3.63, 3.8) is 0 Å². The van der Waals surface area contributed by atoms with Gasteiger partial charge >= 0.3 is 12.0 Å². The molecule has 8 heteroatoms. The van der Waals surface area contributed by atoms with Gasteiger partial charge in [-0.2, -0.15) is 11.8 Å². The SMILES string of the molecule is Cc1nnc(NC(=O)CSCC2(CC(=O)O)CC2)o1. The lowest BCUT2D eigenvalue weighted by Crippen LogP contribution is -2.17. The molecule has 0 bridgehead atoms. The van der Waals surface area contributed by atoms with E-state index in [9.17, 15) is 9.59 Å². The summed E-state index contributed by atoms with van der Waals surface area (Å²) in [5.41, 5.74) is -0.0993. The third kappa shape index (κ3) is 4.23. The lowest BCUT2D eigenvalue weighted by molar-refractivity contribution is -0.138. The summed E-state index contributed by atoms with van der Waals surface area (Å²) in [4.78, 5) is 22.3. The highest BCUT2D eigenvalue weighted by Crippen LogP contribution is 2.50. The van der Waals surface area contributed by atoms with Crippen LogP contribution in [0.3, 0.4) is 0 Å². The summed E-state index contributed by atoms with van der Waals surface area (Å²) in [5.74, 6) is 0.336. The van der Waals surface area contributed by atoms with E-state index >= 15 is 0 Å². The summed E-state index contributed by atoms with van der Waals surface area (Å²) in [6.07, 6.45) is 2.04. The van der Waals surface area contributed by atoms with Crippen LogP contribution < -0.4 is 5.32 Å². The number of thioether (sulfide) groups is 1. The topological polar surface area (TPSA) is 105 Å². The smallest absolute Gasteiger partial charge is 0.322 e. The molecule has 1 aromatic heterocycles. The number of amides is 1. The zero-order valence-corrected chi connectivity index (χ0v) is 11.3. The van der Waals surface area contributed by atoms with E-state index < -0.39 is 5.97 Å². The Hall–Kier alpha value is -1.57. The molecular formula is C11H15N3O4S. The normalized spacial score (nSPS) is 16.1. The standard InChI is InChI=1S/C11H15N3O4S/c1-7-13-14-10(18-7)12-8(15)5-19-6-11(2-3-11)4-9(16)17/h2-6H2,1H3,(H,16,17)(H,12,14,15). The molecule has 19 heavy (non-hydrogen) atoms. The fraction of sp³-hybridized carbons (Fsp3) is 0.636. The Bertz CT molecular complexity index is 484. The van der Waals surface area contributed by atoms with E-state index in [0.29, 0.717) is 11.6 Å². The van der Waals surface area contributed by atoms with Crippen LogP contribution in [0.25, 0.3) is 0 Å². The summed E-state index contributed by atoms with van der Waals surface area (Å²) < 4.78 is 5.03. The second kappa shape index (κ2) is 5.60. The van der Waals surface area contributed by atoms with E-state index in [0.717, 1.165) is 12.8 Å². The average Bonchev–Trinajstić information content (AvgIpc) is 2.92. The molecule has 1 amide bonds. The van der Waals surface area contributed by atoms with Gasteiger partial charge in [-0.25, -0.2) is 0 Å². The quantitative estimate of drug-likeness (QED) is 0.777. The number of aliphatic carboxylic acids is 1. The van der Waals surface area contributed by atoms with Crippen LogP contribution in [0.1, 0.15) is 25.2 Å². The molecule has 0 unspecified atom stereocenters. The van der Waals surface area contributed by atoms with Crippen LogP contribution in [0.5, 0.6) is 0 Å². The maximum Gasteiger partial charge on any atom is 0.322 e. The second-order valence-electron chi connectivity index (χ2n) is 4.74. The number of nitrogens with one attached hydrogen (secondary N) is 1. The highest BCUT2D eigenvalue weighted by molar-refractivity contribution is 8.00. The van der Waals surface area contributed by atoms with Gasteiger partial charge in [0.25, 0.3) is 0 Å². The molecule has 1 heterocycles. The van der Waals surface area contributed by atoms with Crippen molar-refractivity contribution in [3.05, 3.63) is 5.89 Å². The average molecular weight is 285 g/mol. The van der Waals surface area contributed by atoms with E-state index in [-0.39, 0.29) is 29.5 Å². The van der Waals surface area contributed by atoms with Crippen molar-refractivity contribution in [1.82, 2.24) is 10.2 Å². The lowest BCUT2D eigenvalue weighted by atomic mass is 10.1. The van der Waals surface area contributed by atoms with Gasteiger partial charge in [0.2, 0.25) is 11.8 Å². The van der Waals surface area contributed by atoms with Gasteiger partial charge in [-0.05, 0) is 24.0 Å². The maximum atomic E-state index is 11.6. The van der Waals surface area contributed by atoms with Crippen LogP contribution >= 0.6 is 11.8 Å². The molecule has 0 saturated heterocycles. The Morgan fingerprint density at radius 1 is 1.47 bits per heavy atom. The van der Waals surface area contributed by atoms with Crippen LogP contribution in [-0.2, 0) is 9.59 Å². The number of carboxylic acid groups (broad SMARTS) is 1. The van der Waals surface area contributed by atoms with Crippen molar-refractivity contribution in [1.29, 1.82) is 0 Å². The highest BCUT2D eigenvalue weighted by Gasteiger charge is 2.44. The van der Waals surface area contributed by atoms with Gasteiger partial charge in [-0.3, -0.25) is 14.9 Å². The van der Waals surface area contributed by atoms with Crippen molar-refractivity contribution < 1.29 is 19.1 Å². The number of aromatic nitrogens is 2. The number of anilines is 1. The molecule has 1 aliphatic carbocycles. The van der Waals surface area contributed by atoms with E-state index in [2.05, 4.69) is 15.5 Å². The molecule has 0 aromatic carbocycles. The van der Waals surface area contributed by atoms with Crippen LogP contribution in [0, 0.1) is 12.3 Å². The predicted octanol–water partition coefficient (Wildman–Crippen LogP) is 1.30. The summed E-state index contributed by atoms with van der Waals surface area (Å²) in [5, 5.41) is 18.5. The zero-order chi connectivity index (χ0) is 13.9. The van der Waals surface area contributed by atoms with Crippen LogP contribution in [-0.4, -0.2) is 38.7 Å². The Balaban J connectivity index is 1.68. The Morgan fingerprint density at radius 2 is 2.21 bits per heavy atom. The third-order valence-corrected chi connectivity index (χ3v) is 4.18. The lowest BCUT2D eigenvalue weighted by Gasteiger charge is -2.10. The van der Waals surface area contributed by atoms with Crippen LogP contribution in [0.4, 0.5) is 6.01 Å². The summed E-state index contributed by atoms with van der Waals surface area (Å²) in [6.45, 7) is 1.64. The van der Waals surface area contributed by atoms with Crippen molar-refractivity contribution in [2.45, 2.75) is 26.2 Å². The van der Waals surface area contributed by atoms with Gasteiger partial charge in [0.1, 0.15) is 0 Å². The number of rotatable bonds is 7. The molecule has 2 rings (SSSR count). The number of carboxylic acids is 1. The molecular weight excluding hydrogens is 270 g/mol. The Labute approximate surface area is 114 Å². The molecule has 0 spiro atoms. The van der Waals surface area contributed by atoms with Crippen molar-refractivity contribution >= 4 is 29.7 Å². The molecule has 0 atom stereocenters. The number of aryl methyl sites for hydroxylation is 1. The van der Waals surface area contributed by atoms with E-state index in [4.69, 9.17) is 9.52 Å². The van der Waals surface area contributed by atoms with Gasteiger partial charge in [-0.1, -0.05) is 5.10 Å². The minimum absolute atomic E-state index is 0.0924. The fourth-order valence-electron chi connectivity index (χ4n) is 1.73. The number of nitrogens with zero attached hydrogens (tertiary/aromatic N) is 2. The Kier molecular flexibility index (Phi) is 4.08. The summed E-state index contributed by atoms with van der Waals surface area (Å²) in [6, 6.07) is 0.0924. The van der Waals surface area contributed by atoms with Crippen molar-refractivity contribution in [3.8, 4) is 0 Å². The summed E-state index contributed by atoms with van der Waals surface area (Å²) >= 11 is 1.43. The first-order valence-corrected chi connectivity index (χ1v) is 7.04. The largest absolute Gasteiger partial charge is 0.481 e. The molecule has 0 radical (unpaired) electrons. The predicted molar refractivity (Wildman–Crippen MR) is 68.9 cm³/mol. The molecule has 1 aliphatic rings. The highest BCUT2D eigenvalue weighted by atomic mass is 32.2. The molecule has 1 saturated carbocycles. The second-order valence-corrected chi connectivity index (χ2v) is 5.72. The van der Waals surface area contributed by atoms with E-state index in [1.54, 1.807) is 6.92 Å². The minimum Gasteiger partial charge on any atom is -0.481 e. The van der Waals surface area contributed by atoms with Crippen molar-refractivity contribution in [2.75, 3.05) is 16.8 Å². The van der Waals surface area contributed by atoms with Gasteiger partial charge in [0, 0.05) is 6.92 Å². The van der Waals surface area contributed by atoms with Crippen LogP contribution in [0.15, 0.2) is 4.42 Å². The van der Waals surface area contributed by atoms with Gasteiger partial charge < -0.3 is 9.52 Å². The number of hydrogen-bond acceptors (Lipinski definition) is 6. The fourth-order valence-corrected chi connectivity index (χ4v) is 2.92. The van der Waals surface area contributed by atoms with Crippen molar-refractivity contribution in [2.24, 2.45) is 5.41 Å². The van der Waals surface area contributed by atoms with E-state index in [1.165, 1.54) is 11.8 Å². The molecule has 2 N–H and O–H groups in total. The van der Waals surface area contributed by atoms with Gasteiger partial charge in [-0.15, -0.1) is 5.10 Å². The number of hydrogen-bond donors (Lipinski definition) is 2. The van der Waals surface area contributed by atoms with Gasteiger partial charge in [0.15, 0.2) is 0 Å². The minimum atomic E-state index is -0.774. The first-order chi connectivity index (χ1) is 8.99. The third-order valence-electron chi connectivity index (χ3n) is 2.90. The van der Waals surface area contributed by atoms with E-state index in [1.807, 2.05) is 0 Å². The number of carbonyl (C=O) groups excluding carboxylic acids is 1. The molecule has 104 valence electrons. The molecule has 7 nitrogen and oxygen atoms in total. The maximum absolute atomic E-state index is 11.6. The zero-order valence-electron chi connectivity index (χ0n) is 10.5. The molecule has 1 aromatic rings. The summed E-state index contributed by atoms with van der Waals surface area (Å²) in [7, 11) is 0. The number of carbonyl (C=O) groups is 2. The first-order valence-electron chi connectivity index (χ1n) is 5.89. The molecule has 0 aliphatic heterocycles. The monoisotopic (exact) mass is 285 g/mol. The first kappa shape index (κ1) is 13.9. The molecule has 1 fully saturated rings. The Morgan fingerprint density at radius 3 is 2.74 bits per heavy atom. The van der Waals surface area contributed by atoms with Gasteiger partial charge in [0.05, 0.1) is 12.2 Å².